The van der Waals surface area contributed by atoms with Gasteiger partial charge in [-0.2, -0.15) is 0 Å². The number of benzene rings is 1. The van der Waals surface area contributed by atoms with Crippen LogP contribution in [0.4, 0.5) is 4.39 Å². The first-order valence-corrected chi connectivity index (χ1v) is 5.94. The minimum absolute atomic E-state index is 0.193. The van der Waals surface area contributed by atoms with E-state index in [0.717, 1.165) is 36.8 Å². The van der Waals surface area contributed by atoms with Crippen LogP contribution >= 0.6 is 0 Å². The predicted molar refractivity (Wildman–Crippen MR) is 62.0 cm³/mol. The number of halogens is 1. The van der Waals surface area contributed by atoms with Crippen molar-refractivity contribution in [3.05, 3.63) is 35.1 Å². The molecule has 0 aliphatic heterocycles. The van der Waals surface area contributed by atoms with E-state index >= 15 is 0 Å². The van der Waals surface area contributed by atoms with Crippen LogP contribution < -0.4 is 0 Å². The normalized spacial score (nSPS) is 21.9. The zero-order chi connectivity index (χ0) is 11.5. The summed E-state index contributed by atoms with van der Waals surface area (Å²) in [5, 5.41) is 0. The van der Waals surface area contributed by atoms with Gasteiger partial charge < -0.3 is 0 Å². The smallest absolute Gasteiger partial charge is 0.133 e. The lowest BCUT2D eigenvalue weighted by molar-refractivity contribution is -0.119. The van der Waals surface area contributed by atoms with Gasteiger partial charge >= 0.3 is 0 Å². The Hall–Kier alpha value is -1.18. The lowest BCUT2D eigenvalue weighted by Gasteiger charge is -2.16. The van der Waals surface area contributed by atoms with Gasteiger partial charge in [-0.05, 0) is 48.9 Å². The number of ketones is 1. The summed E-state index contributed by atoms with van der Waals surface area (Å²) in [5.74, 6) is 0.461. The summed E-state index contributed by atoms with van der Waals surface area (Å²) in [6.45, 7) is 1.92. The summed E-state index contributed by atoms with van der Waals surface area (Å²) in [5.41, 5.74) is 2.12. The number of rotatable bonds is 1. The van der Waals surface area contributed by atoms with E-state index < -0.39 is 0 Å². The van der Waals surface area contributed by atoms with E-state index in [2.05, 4.69) is 0 Å². The van der Waals surface area contributed by atoms with E-state index in [-0.39, 0.29) is 5.82 Å². The van der Waals surface area contributed by atoms with Gasteiger partial charge in [0.05, 0.1) is 0 Å². The van der Waals surface area contributed by atoms with Gasteiger partial charge in [-0.15, -0.1) is 0 Å². The van der Waals surface area contributed by atoms with Crippen molar-refractivity contribution >= 4 is 5.78 Å². The monoisotopic (exact) mass is 220 g/mol. The Bertz CT molecular complexity index is 398. The molecule has 1 fully saturated rings. The molecule has 1 saturated carbocycles. The lowest BCUT2D eigenvalue weighted by Crippen LogP contribution is -2.05. The van der Waals surface area contributed by atoms with Crippen molar-refractivity contribution in [2.75, 3.05) is 0 Å². The minimum atomic E-state index is -0.193. The highest BCUT2D eigenvalue weighted by Gasteiger charge is 2.20. The fraction of sp³-hybridized carbons (Fsp3) is 0.500. The Morgan fingerprint density at radius 3 is 2.88 bits per heavy atom. The summed E-state index contributed by atoms with van der Waals surface area (Å²) in [7, 11) is 0. The van der Waals surface area contributed by atoms with Crippen molar-refractivity contribution in [3.63, 3.8) is 0 Å². The van der Waals surface area contributed by atoms with E-state index in [1.54, 1.807) is 6.07 Å². The van der Waals surface area contributed by atoms with Gasteiger partial charge in [-0.3, -0.25) is 4.79 Å². The fourth-order valence-corrected chi connectivity index (χ4v) is 2.55. The Kier molecular flexibility index (Phi) is 3.37. The van der Waals surface area contributed by atoms with Gasteiger partial charge in [0.1, 0.15) is 11.6 Å². The fourth-order valence-electron chi connectivity index (χ4n) is 2.55. The largest absolute Gasteiger partial charge is 0.300 e. The highest BCUT2D eigenvalue weighted by molar-refractivity contribution is 5.79. The number of aryl methyl sites for hydroxylation is 1. The van der Waals surface area contributed by atoms with Gasteiger partial charge in [0.15, 0.2) is 0 Å². The first kappa shape index (κ1) is 11.3. The summed E-state index contributed by atoms with van der Waals surface area (Å²) < 4.78 is 13.0. The molecule has 16 heavy (non-hydrogen) atoms. The molecular weight excluding hydrogens is 203 g/mol. The third kappa shape index (κ3) is 2.49. The number of hydrogen-bond acceptors (Lipinski definition) is 1. The van der Waals surface area contributed by atoms with Crippen LogP contribution in [0.15, 0.2) is 18.2 Å². The van der Waals surface area contributed by atoms with Crippen LogP contribution in [-0.2, 0) is 4.79 Å². The average molecular weight is 220 g/mol. The van der Waals surface area contributed by atoms with E-state index in [4.69, 9.17) is 0 Å². The molecule has 0 bridgehead atoms. The van der Waals surface area contributed by atoms with E-state index in [1.165, 1.54) is 6.07 Å². The highest BCUT2D eigenvalue weighted by Crippen LogP contribution is 2.32. The summed E-state index contributed by atoms with van der Waals surface area (Å²) in [4.78, 5) is 11.6. The van der Waals surface area contributed by atoms with Crippen LogP contribution in [0.1, 0.15) is 49.1 Å². The molecule has 0 radical (unpaired) electrons. The molecule has 2 heteroatoms. The van der Waals surface area contributed by atoms with Crippen molar-refractivity contribution in [1.82, 2.24) is 0 Å². The minimum Gasteiger partial charge on any atom is -0.300 e. The maximum atomic E-state index is 13.0. The van der Waals surface area contributed by atoms with Gasteiger partial charge in [0, 0.05) is 12.8 Å². The van der Waals surface area contributed by atoms with Crippen molar-refractivity contribution in [2.24, 2.45) is 0 Å². The Morgan fingerprint density at radius 1 is 1.31 bits per heavy atom. The Morgan fingerprint density at radius 2 is 2.12 bits per heavy atom. The molecule has 86 valence electrons. The van der Waals surface area contributed by atoms with E-state index in [0.29, 0.717) is 18.1 Å². The molecule has 2 rings (SSSR count). The zero-order valence-electron chi connectivity index (χ0n) is 9.63. The summed E-state index contributed by atoms with van der Waals surface area (Å²) >= 11 is 0. The molecular formula is C14H17FO. The molecule has 0 aromatic heterocycles. The standard InChI is InChI=1S/C14H17FO/c1-10-8-12(15)6-7-14(10)11-4-2-3-5-13(16)9-11/h6-8,11H,2-5,9H2,1H3. The van der Waals surface area contributed by atoms with Crippen molar-refractivity contribution < 1.29 is 9.18 Å². The predicted octanol–water partition coefficient (Wildman–Crippen LogP) is 3.75. The number of carbonyl (C=O) groups is 1. The molecule has 0 heterocycles. The number of carbonyl (C=O) groups excluding carboxylic acids is 1. The lowest BCUT2D eigenvalue weighted by atomic mass is 9.88. The van der Waals surface area contributed by atoms with E-state index in [1.807, 2.05) is 13.0 Å². The molecule has 1 aliphatic carbocycles. The highest BCUT2D eigenvalue weighted by atomic mass is 19.1. The maximum absolute atomic E-state index is 13.0. The van der Waals surface area contributed by atoms with Gasteiger partial charge in [0.25, 0.3) is 0 Å². The molecule has 1 aromatic rings. The van der Waals surface area contributed by atoms with Crippen LogP contribution in [0, 0.1) is 12.7 Å². The molecule has 1 unspecified atom stereocenters. The quantitative estimate of drug-likeness (QED) is 0.659. The second kappa shape index (κ2) is 4.77. The molecule has 1 aromatic carbocycles. The second-order valence-corrected chi connectivity index (χ2v) is 4.69. The molecule has 1 aliphatic rings. The average Bonchev–Trinajstić information content (AvgIpc) is 2.43. The second-order valence-electron chi connectivity index (χ2n) is 4.69. The zero-order valence-corrected chi connectivity index (χ0v) is 9.63. The first-order valence-electron chi connectivity index (χ1n) is 5.94. The van der Waals surface area contributed by atoms with Crippen LogP contribution in [0.3, 0.4) is 0 Å². The van der Waals surface area contributed by atoms with Gasteiger partial charge in [-0.1, -0.05) is 12.5 Å². The van der Waals surface area contributed by atoms with Gasteiger partial charge in [-0.25, -0.2) is 4.39 Å². The topological polar surface area (TPSA) is 17.1 Å². The molecule has 1 nitrogen and oxygen atoms in total. The first-order chi connectivity index (χ1) is 7.66. The van der Waals surface area contributed by atoms with Crippen LogP contribution in [0.25, 0.3) is 0 Å². The van der Waals surface area contributed by atoms with Crippen LogP contribution in [0.2, 0.25) is 0 Å². The third-order valence-electron chi connectivity index (χ3n) is 3.40. The molecule has 0 N–H and O–H groups in total. The van der Waals surface area contributed by atoms with Crippen molar-refractivity contribution in [3.8, 4) is 0 Å². The molecule has 0 saturated heterocycles. The molecule has 0 spiro atoms. The Labute approximate surface area is 95.7 Å². The summed E-state index contributed by atoms with van der Waals surface area (Å²) in [6, 6.07) is 4.90. The molecule has 1 atom stereocenters. The summed E-state index contributed by atoms with van der Waals surface area (Å²) in [6.07, 6.45) is 4.52. The van der Waals surface area contributed by atoms with Crippen molar-refractivity contribution in [2.45, 2.75) is 44.9 Å². The Balaban J connectivity index is 2.24. The van der Waals surface area contributed by atoms with Crippen LogP contribution in [-0.4, -0.2) is 5.78 Å². The molecule has 0 amide bonds. The van der Waals surface area contributed by atoms with Gasteiger partial charge in [0.2, 0.25) is 0 Å². The maximum Gasteiger partial charge on any atom is 0.133 e. The number of Topliss-reactive ketones (excluding diaryl/α,β-unsaturated/α-hetero) is 1. The number of hydrogen-bond donors (Lipinski definition) is 0. The van der Waals surface area contributed by atoms with E-state index in [9.17, 15) is 9.18 Å². The van der Waals surface area contributed by atoms with Crippen molar-refractivity contribution in [1.29, 1.82) is 0 Å². The van der Waals surface area contributed by atoms with Crippen LogP contribution in [0.5, 0.6) is 0 Å². The third-order valence-corrected chi connectivity index (χ3v) is 3.40. The SMILES string of the molecule is Cc1cc(F)ccc1C1CCCCC(=O)C1.